The number of nitrogens with zero attached hydrogens (tertiary/aromatic N) is 3. The summed E-state index contributed by atoms with van der Waals surface area (Å²) in [7, 11) is 1.67. The lowest BCUT2D eigenvalue weighted by Crippen LogP contribution is -2.16. The van der Waals surface area contributed by atoms with Crippen LogP contribution >= 0.6 is 0 Å². The maximum absolute atomic E-state index is 12.9. The van der Waals surface area contributed by atoms with Crippen LogP contribution in [-0.4, -0.2) is 20.7 Å². The highest BCUT2D eigenvalue weighted by Gasteiger charge is 2.12. The molecule has 2 rings (SSSR count). The van der Waals surface area contributed by atoms with Crippen LogP contribution in [0.15, 0.2) is 24.5 Å². The number of amides is 1. The van der Waals surface area contributed by atoms with Crippen LogP contribution < -0.4 is 5.32 Å². The SMILES string of the molecule is Cc1cc(F)ccc1C(=O)Nc1ncnn1C. The average molecular weight is 234 g/mol. The van der Waals surface area contributed by atoms with E-state index in [4.69, 9.17) is 0 Å². The Labute approximate surface area is 97.3 Å². The molecule has 0 aliphatic heterocycles. The number of halogens is 1. The summed E-state index contributed by atoms with van der Waals surface area (Å²) in [5.74, 6) is -0.352. The summed E-state index contributed by atoms with van der Waals surface area (Å²) in [4.78, 5) is 15.8. The maximum atomic E-state index is 12.9. The molecule has 0 aliphatic rings. The van der Waals surface area contributed by atoms with E-state index >= 15 is 0 Å². The van der Waals surface area contributed by atoms with Crippen molar-refractivity contribution in [3.05, 3.63) is 41.5 Å². The molecule has 0 spiro atoms. The summed E-state index contributed by atoms with van der Waals surface area (Å²) in [6, 6.07) is 4.00. The van der Waals surface area contributed by atoms with Gasteiger partial charge in [0.2, 0.25) is 5.95 Å². The lowest BCUT2D eigenvalue weighted by molar-refractivity contribution is 0.102. The minimum absolute atomic E-state index is 0.335. The lowest BCUT2D eigenvalue weighted by atomic mass is 10.1. The number of nitrogens with one attached hydrogen (secondary N) is 1. The molecule has 1 amide bonds. The Hall–Kier alpha value is -2.24. The number of hydrogen-bond donors (Lipinski definition) is 1. The van der Waals surface area contributed by atoms with Gasteiger partial charge in [-0.2, -0.15) is 10.1 Å². The normalized spacial score (nSPS) is 10.3. The van der Waals surface area contributed by atoms with Crippen molar-refractivity contribution in [2.45, 2.75) is 6.92 Å². The fourth-order valence-electron chi connectivity index (χ4n) is 1.46. The third kappa shape index (κ3) is 2.30. The molecule has 6 heteroatoms. The van der Waals surface area contributed by atoms with Gasteiger partial charge < -0.3 is 0 Å². The molecular formula is C11H11FN4O. The van der Waals surface area contributed by atoms with Crippen LogP contribution in [0.25, 0.3) is 0 Å². The highest BCUT2D eigenvalue weighted by molar-refractivity contribution is 6.04. The Kier molecular flexibility index (Phi) is 2.86. The van der Waals surface area contributed by atoms with Crippen molar-refractivity contribution in [3.63, 3.8) is 0 Å². The van der Waals surface area contributed by atoms with E-state index in [1.165, 1.54) is 29.2 Å². The van der Waals surface area contributed by atoms with Crippen molar-refractivity contribution in [2.75, 3.05) is 5.32 Å². The van der Waals surface area contributed by atoms with Gasteiger partial charge in [0, 0.05) is 12.6 Å². The first-order valence-electron chi connectivity index (χ1n) is 4.99. The quantitative estimate of drug-likeness (QED) is 0.856. The summed E-state index contributed by atoms with van der Waals surface area (Å²) in [5, 5.41) is 6.43. The topological polar surface area (TPSA) is 59.8 Å². The molecule has 2 aromatic rings. The third-order valence-corrected chi connectivity index (χ3v) is 2.37. The second-order valence-corrected chi connectivity index (χ2v) is 3.62. The van der Waals surface area contributed by atoms with Crippen molar-refractivity contribution in [1.29, 1.82) is 0 Å². The van der Waals surface area contributed by atoms with Gasteiger partial charge in [-0.1, -0.05) is 0 Å². The van der Waals surface area contributed by atoms with Crippen LogP contribution in [0.2, 0.25) is 0 Å². The van der Waals surface area contributed by atoms with Gasteiger partial charge in [0.25, 0.3) is 5.91 Å². The summed E-state index contributed by atoms with van der Waals surface area (Å²) in [5.41, 5.74) is 0.985. The number of carbonyl (C=O) groups excluding carboxylic acids is 1. The fourth-order valence-corrected chi connectivity index (χ4v) is 1.46. The van der Waals surface area contributed by atoms with E-state index in [1.54, 1.807) is 14.0 Å². The maximum Gasteiger partial charge on any atom is 0.258 e. The number of carbonyl (C=O) groups is 1. The number of benzene rings is 1. The zero-order valence-electron chi connectivity index (χ0n) is 9.44. The summed E-state index contributed by atoms with van der Waals surface area (Å²) in [6.07, 6.45) is 1.34. The Morgan fingerprint density at radius 1 is 1.47 bits per heavy atom. The van der Waals surface area contributed by atoms with Crippen molar-refractivity contribution in [3.8, 4) is 0 Å². The zero-order chi connectivity index (χ0) is 12.4. The molecule has 17 heavy (non-hydrogen) atoms. The van der Waals surface area contributed by atoms with Gasteiger partial charge in [0.1, 0.15) is 12.1 Å². The van der Waals surface area contributed by atoms with Gasteiger partial charge in [-0.05, 0) is 30.7 Å². The van der Waals surface area contributed by atoms with Crippen molar-refractivity contribution < 1.29 is 9.18 Å². The number of anilines is 1. The molecule has 0 aliphatic carbocycles. The predicted octanol–water partition coefficient (Wildman–Crippen LogP) is 1.51. The number of aromatic nitrogens is 3. The fraction of sp³-hybridized carbons (Fsp3) is 0.182. The van der Waals surface area contributed by atoms with Gasteiger partial charge in [0.15, 0.2) is 0 Å². The van der Waals surface area contributed by atoms with Gasteiger partial charge in [-0.3, -0.25) is 10.1 Å². The lowest BCUT2D eigenvalue weighted by Gasteiger charge is -2.06. The molecule has 88 valence electrons. The molecule has 1 aromatic heterocycles. The predicted molar refractivity (Wildman–Crippen MR) is 60.1 cm³/mol. The third-order valence-electron chi connectivity index (χ3n) is 2.37. The molecule has 1 aromatic carbocycles. The largest absolute Gasteiger partial charge is 0.291 e. The Balaban J connectivity index is 2.23. The van der Waals surface area contributed by atoms with Crippen LogP contribution in [0.1, 0.15) is 15.9 Å². The molecule has 0 fully saturated rings. The van der Waals surface area contributed by atoms with Crippen molar-refractivity contribution in [2.24, 2.45) is 7.05 Å². The molecule has 1 heterocycles. The van der Waals surface area contributed by atoms with Gasteiger partial charge >= 0.3 is 0 Å². The number of hydrogen-bond acceptors (Lipinski definition) is 3. The molecule has 5 nitrogen and oxygen atoms in total. The Morgan fingerprint density at radius 3 is 2.82 bits per heavy atom. The first-order chi connectivity index (χ1) is 8.08. The molecule has 0 unspecified atom stereocenters. The number of aryl methyl sites for hydroxylation is 2. The van der Waals surface area contributed by atoms with E-state index in [1.807, 2.05) is 0 Å². The van der Waals surface area contributed by atoms with Gasteiger partial charge in [-0.25, -0.2) is 9.07 Å². The van der Waals surface area contributed by atoms with E-state index in [-0.39, 0.29) is 11.7 Å². The monoisotopic (exact) mass is 234 g/mol. The molecule has 0 radical (unpaired) electrons. The first kappa shape index (κ1) is 11.3. The summed E-state index contributed by atoms with van der Waals surface area (Å²) < 4.78 is 14.3. The minimum atomic E-state index is -0.363. The second-order valence-electron chi connectivity index (χ2n) is 3.62. The van der Waals surface area contributed by atoms with Gasteiger partial charge in [0.05, 0.1) is 0 Å². The van der Waals surface area contributed by atoms with E-state index < -0.39 is 0 Å². The van der Waals surface area contributed by atoms with Crippen LogP contribution in [0.5, 0.6) is 0 Å². The zero-order valence-corrected chi connectivity index (χ0v) is 9.44. The van der Waals surface area contributed by atoms with Gasteiger partial charge in [-0.15, -0.1) is 0 Å². The smallest absolute Gasteiger partial charge is 0.258 e. The molecule has 0 bridgehead atoms. The standard InChI is InChI=1S/C11H11FN4O/c1-7-5-8(12)3-4-9(7)10(17)15-11-13-6-14-16(11)2/h3-6H,1-2H3,(H,13,14,15,17). The Bertz CT molecular complexity index is 564. The molecule has 0 saturated carbocycles. The number of rotatable bonds is 2. The van der Waals surface area contributed by atoms with Crippen LogP contribution in [0.3, 0.4) is 0 Å². The van der Waals surface area contributed by atoms with Crippen molar-refractivity contribution >= 4 is 11.9 Å². The van der Waals surface area contributed by atoms with E-state index in [0.717, 1.165) is 0 Å². The molecule has 0 saturated heterocycles. The molecule has 1 N–H and O–H groups in total. The van der Waals surface area contributed by atoms with E-state index in [9.17, 15) is 9.18 Å². The van der Waals surface area contributed by atoms with Crippen LogP contribution in [0.4, 0.5) is 10.3 Å². The second kappa shape index (κ2) is 4.32. The summed E-state index contributed by atoms with van der Waals surface area (Å²) >= 11 is 0. The Morgan fingerprint density at radius 2 is 2.24 bits per heavy atom. The highest BCUT2D eigenvalue weighted by Crippen LogP contribution is 2.12. The van der Waals surface area contributed by atoms with E-state index in [0.29, 0.717) is 17.1 Å². The van der Waals surface area contributed by atoms with Crippen LogP contribution in [0, 0.1) is 12.7 Å². The molecule has 0 atom stereocenters. The molecular weight excluding hydrogens is 223 g/mol. The summed E-state index contributed by atoms with van der Waals surface area (Å²) in [6.45, 7) is 1.68. The minimum Gasteiger partial charge on any atom is -0.291 e. The van der Waals surface area contributed by atoms with Crippen molar-refractivity contribution in [1.82, 2.24) is 14.8 Å². The highest BCUT2D eigenvalue weighted by atomic mass is 19.1. The average Bonchev–Trinajstić information content (AvgIpc) is 2.64. The first-order valence-corrected chi connectivity index (χ1v) is 4.99. The van der Waals surface area contributed by atoms with E-state index in [2.05, 4.69) is 15.4 Å². The van der Waals surface area contributed by atoms with Crippen LogP contribution in [-0.2, 0) is 7.05 Å².